The number of aliphatic hydroxyl groups excluding tert-OH is 1. The average Bonchev–Trinajstić information content (AvgIpc) is 2.35. The van der Waals surface area contributed by atoms with Gasteiger partial charge in [-0.3, -0.25) is 0 Å². The van der Waals surface area contributed by atoms with Crippen LogP contribution in [0.3, 0.4) is 0 Å². The molecule has 1 aromatic rings. The summed E-state index contributed by atoms with van der Waals surface area (Å²) in [6.07, 6.45) is 2.57. The van der Waals surface area contributed by atoms with Gasteiger partial charge in [-0.15, -0.1) is 0 Å². The number of ether oxygens (including phenoxy) is 2. The summed E-state index contributed by atoms with van der Waals surface area (Å²) in [5, 5.41) is 9.20. The number of aromatic nitrogens is 2. The number of carbonyl (C=O) groups is 1. The van der Waals surface area contributed by atoms with Crippen LogP contribution in [0.4, 0.5) is 0 Å². The van der Waals surface area contributed by atoms with E-state index < -0.39 is 5.97 Å². The number of hydrogen-bond donors (Lipinski definition) is 1. The molecular formula is C11H14N2O4. The molecule has 0 aromatic carbocycles. The van der Waals surface area contributed by atoms with E-state index in [1.807, 2.05) is 0 Å². The molecule has 0 unspecified atom stereocenters. The van der Waals surface area contributed by atoms with Gasteiger partial charge in [0.2, 0.25) is 0 Å². The minimum Gasteiger partial charge on any atom is -0.503 e. The standard InChI is InChI=1S/C11H14N2O4/c1-7-10(9(4-14)13-6-12-7)8(5-16-2)11(15)17-3/h5-6,14H,4H2,1-3H3/b8-5+. The number of hydrogen-bond acceptors (Lipinski definition) is 6. The summed E-state index contributed by atoms with van der Waals surface area (Å²) in [6, 6.07) is 0. The highest BCUT2D eigenvalue weighted by atomic mass is 16.5. The maximum atomic E-state index is 11.6. The van der Waals surface area contributed by atoms with Crippen molar-refractivity contribution in [3.05, 3.63) is 29.5 Å². The highest BCUT2D eigenvalue weighted by Gasteiger charge is 2.20. The van der Waals surface area contributed by atoms with Crippen molar-refractivity contribution in [1.29, 1.82) is 0 Å². The van der Waals surface area contributed by atoms with E-state index >= 15 is 0 Å². The summed E-state index contributed by atoms with van der Waals surface area (Å²) in [5.41, 5.74) is 1.53. The maximum Gasteiger partial charge on any atom is 0.341 e. The minimum absolute atomic E-state index is 0.178. The molecule has 0 bridgehead atoms. The molecule has 0 saturated heterocycles. The zero-order valence-corrected chi connectivity index (χ0v) is 9.93. The van der Waals surface area contributed by atoms with Gasteiger partial charge in [-0.25, -0.2) is 14.8 Å². The first-order valence-corrected chi connectivity index (χ1v) is 4.88. The quantitative estimate of drug-likeness (QED) is 0.465. The fraction of sp³-hybridized carbons (Fsp3) is 0.364. The summed E-state index contributed by atoms with van der Waals surface area (Å²) in [4.78, 5) is 19.5. The number of aryl methyl sites for hydroxylation is 1. The van der Waals surface area contributed by atoms with Gasteiger partial charge in [-0.1, -0.05) is 0 Å². The zero-order chi connectivity index (χ0) is 12.8. The molecule has 6 heteroatoms. The Hall–Kier alpha value is -1.95. The van der Waals surface area contributed by atoms with Gasteiger partial charge in [-0.2, -0.15) is 0 Å². The van der Waals surface area contributed by atoms with E-state index in [1.165, 1.54) is 26.8 Å². The summed E-state index contributed by atoms with van der Waals surface area (Å²) in [7, 11) is 2.68. The van der Waals surface area contributed by atoms with Crippen molar-refractivity contribution >= 4 is 11.5 Å². The fourth-order valence-corrected chi connectivity index (χ4v) is 1.43. The molecule has 92 valence electrons. The molecule has 1 aromatic heterocycles. The molecule has 17 heavy (non-hydrogen) atoms. The summed E-state index contributed by atoms with van der Waals surface area (Å²) in [6.45, 7) is 1.42. The monoisotopic (exact) mass is 238 g/mol. The van der Waals surface area contributed by atoms with Crippen LogP contribution in [0.25, 0.3) is 5.57 Å². The average molecular weight is 238 g/mol. The SMILES string of the molecule is CO/C=C(/C(=O)OC)c1c(C)ncnc1CO. The molecule has 0 amide bonds. The third-order valence-electron chi connectivity index (χ3n) is 2.18. The van der Waals surface area contributed by atoms with Gasteiger partial charge >= 0.3 is 5.97 Å². The van der Waals surface area contributed by atoms with Crippen LogP contribution in [0.2, 0.25) is 0 Å². The van der Waals surface area contributed by atoms with Crippen LogP contribution in [0.1, 0.15) is 17.0 Å². The normalized spacial score (nSPS) is 11.2. The van der Waals surface area contributed by atoms with E-state index in [2.05, 4.69) is 14.7 Å². The fourth-order valence-electron chi connectivity index (χ4n) is 1.43. The lowest BCUT2D eigenvalue weighted by Gasteiger charge is -2.10. The molecule has 0 spiro atoms. The lowest BCUT2D eigenvalue weighted by atomic mass is 10.0. The molecule has 0 radical (unpaired) electrons. The highest BCUT2D eigenvalue weighted by molar-refractivity contribution is 6.16. The molecule has 1 heterocycles. The van der Waals surface area contributed by atoms with Crippen LogP contribution in [-0.2, 0) is 20.9 Å². The van der Waals surface area contributed by atoms with Gasteiger partial charge in [0.05, 0.1) is 32.8 Å². The van der Waals surface area contributed by atoms with E-state index in [9.17, 15) is 9.90 Å². The van der Waals surface area contributed by atoms with Crippen molar-refractivity contribution < 1.29 is 19.4 Å². The van der Waals surface area contributed by atoms with Crippen LogP contribution < -0.4 is 0 Å². The summed E-state index contributed by atoms with van der Waals surface area (Å²) in [5.74, 6) is -0.570. The number of carbonyl (C=O) groups excluding carboxylic acids is 1. The van der Waals surface area contributed by atoms with E-state index in [1.54, 1.807) is 6.92 Å². The predicted octanol–water partition coefficient (Wildman–Crippen LogP) is 0.438. The molecule has 0 aliphatic heterocycles. The van der Waals surface area contributed by atoms with Crippen LogP contribution in [0, 0.1) is 6.92 Å². The van der Waals surface area contributed by atoms with Crippen LogP contribution in [0.15, 0.2) is 12.6 Å². The van der Waals surface area contributed by atoms with Crippen molar-refractivity contribution in [2.24, 2.45) is 0 Å². The van der Waals surface area contributed by atoms with Crippen LogP contribution in [0.5, 0.6) is 0 Å². The predicted molar refractivity (Wildman–Crippen MR) is 59.7 cm³/mol. The zero-order valence-electron chi connectivity index (χ0n) is 9.93. The number of rotatable bonds is 4. The lowest BCUT2D eigenvalue weighted by Crippen LogP contribution is -2.10. The molecule has 0 saturated carbocycles. The third-order valence-corrected chi connectivity index (χ3v) is 2.18. The van der Waals surface area contributed by atoms with Crippen molar-refractivity contribution in [3.63, 3.8) is 0 Å². The topological polar surface area (TPSA) is 81.5 Å². The Morgan fingerprint density at radius 1 is 1.47 bits per heavy atom. The Morgan fingerprint density at radius 3 is 2.71 bits per heavy atom. The van der Waals surface area contributed by atoms with Crippen LogP contribution >= 0.6 is 0 Å². The smallest absolute Gasteiger partial charge is 0.341 e. The van der Waals surface area contributed by atoms with Gasteiger partial charge in [0.25, 0.3) is 0 Å². The number of esters is 1. The van der Waals surface area contributed by atoms with E-state index in [0.717, 1.165) is 0 Å². The van der Waals surface area contributed by atoms with E-state index in [4.69, 9.17) is 4.74 Å². The van der Waals surface area contributed by atoms with Crippen molar-refractivity contribution in [2.45, 2.75) is 13.5 Å². The molecular weight excluding hydrogens is 224 g/mol. The summed E-state index contributed by atoms with van der Waals surface area (Å²) < 4.78 is 9.49. The second-order valence-corrected chi connectivity index (χ2v) is 3.20. The van der Waals surface area contributed by atoms with Gasteiger partial charge in [0.15, 0.2) is 0 Å². The third kappa shape index (κ3) is 2.79. The number of aliphatic hydroxyl groups is 1. The Bertz CT molecular complexity index is 443. The molecule has 0 aliphatic carbocycles. The van der Waals surface area contributed by atoms with Gasteiger partial charge < -0.3 is 14.6 Å². The molecule has 0 fully saturated rings. The first kappa shape index (κ1) is 13.1. The lowest BCUT2D eigenvalue weighted by molar-refractivity contribution is -0.133. The Kier molecular flexibility index (Phi) is 4.59. The maximum absolute atomic E-state index is 11.6. The Morgan fingerprint density at radius 2 is 2.18 bits per heavy atom. The van der Waals surface area contributed by atoms with Crippen LogP contribution in [-0.4, -0.2) is 35.3 Å². The number of nitrogens with zero attached hydrogens (tertiary/aromatic N) is 2. The first-order valence-electron chi connectivity index (χ1n) is 4.88. The Balaban J connectivity index is 3.37. The Labute approximate surface area is 98.9 Å². The van der Waals surface area contributed by atoms with E-state index in [-0.39, 0.29) is 12.2 Å². The molecule has 6 nitrogen and oxygen atoms in total. The minimum atomic E-state index is -0.570. The van der Waals surface area contributed by atoms with Crippen molar-refractivity contribution in [3.8, 4) is 0 Å². The van der Waals surface area contributed by atoms with Crippen molar-refractivity contribution in [1.82, 2.24) is 9.97 Å². The van der Waals surface area contributed by atoms with Gasteiger partial charge in [0.1, 0.15) is 11.9 Å². The van der Waals surface area contributed by atoms with Crippen molar-refractivity contribution in [2.75, 3.05) is 14.2 Å². The first-order chi connectivity index (χ1) is 8.15. The van der Waals surface area contributed by atoms with Gasteiger partial charge in [0, 0.05) is 11.3 Å². The number of methoxy groups -OCH3 is 2. The molecule has 1 N–H and O–H groups in total. The second kappa shape index (κ2) is 5.95. The molecule has 1 rings (SSSR count). The van der Waals surface area contributed by atoms with E-state index in [0.29, 0.717) is 17.0 Å². The summed E-state index contributed by atoms with van der Waals surface area (Å²) >= 11 is 0. The highest BCUT2D eigenvalue weighted by Crippen LogP contribution is 2.21. The molecule has 0 aliphatic rings. The molecule has 0 atom stereocenters. The second-order valence-electron chi connectivity index (χ2n) is 3.20. The largest absolute Gasteiger partial charge is 0.503 e. The van der Waals surface area contributed by atoms with Gasteiger partial charge in [-0.05, 0) is 6.92 Å².